The molecule has 0 bridgehead atoms. The molecule has 136 valence electrons. The molecule has 0 radical (unpaired) electrons. The number of amides is 3. The second kappa shape index (κ2) is 8.34. The predicted octanol–water partition coefficient (Wildman–Crippen LogP) is 3.00. The molecule has 2 heterocycles. The second-order valence-electron chi connectivity index (χ2n) is 6.89. The van der Waals surface area contributed by atoms with Crippen LogP contribution in [0.3, 0.4) is 0 Å². The summed E-state index contributed by atoms with van der Waals surface area (Å²) in [4.78, 5) is 26.5. The molecule has 1 aromatic carbocycles. The highest BCUT2D eigenvalue weighted by atomic mass is 16.5. The molecule has 2 atom stereocenters. The van der Waals surface area contributed by atoms with E-state index in [2.05, 4.69) is 17.6 Å². The first kappa shape index (κ1) is 17.7. The van der Waals surface area contributed by atoms with Gasteiger partial charge in [-0.1, -0.05) is 0 Å². The number of carbonyl (C=O) groups is 2. The van der Waals surface area contributed by atoms with Crippen LogP contribution in [-0.4, -0.2) is 48.7 Å². The third-order valence-electron chi connectivity index (χ3n) is 4.97. The first-order valence-electron chi connectivity index (χ1n) is 9.21. The lowest BCUT2D eigenvalue weighted by molar-refractivity contribution is 0.0635. The van der Waals surface area contributed by atoms with Crippen molar-refractivity contribution in [3.05, 3.63) is 29.8 Å². The second-order valence-corrected chi connectivity index (χ2v) is 6.89. The van der Waals surface area contributed by atoms with Gasteiger partial charge in [0.15, 0.2) is 0 Å². The molecular weight excluding hydrogens is 318 g/mol. The molecule has 0 aliphatic carbocycles. The SMILES string of the molecule is C[C@@H]1CCCCN1C(=O)c1ccc(NC(=O)NC[C@@H]2CCCO2)cc1. The van der Waals surface area contributed by atoms with Gasteiger partial charge in [-0.3, -0.25) is 4.79 Å². The van der Waals surface area contributed by atoms with Crippen LogP contribution in [0, 0.1) is 0 Å². The number of nitrogens with zero attached hydrogens (tertiary/aromatic N) is 1. The normalized spacial score (nSPS) is 23.3. The maximum atomic E-state index is 12.6. The highest BCUT2D eigenvalue weighted by Crippen LogP contribution is 2.20. The third-order valence-corrected chi connectivity index (χ3v) is 4.97. The van der Waals surface area contributed by atoms with Crippen LogP contribution in [0.5, 0.6) is 0 Å². The topological polar surface area (TPSA) is 70.7 Å². The van der Waals surface area contributed by atoms with Crippen molar-refractivity contribution >= 4 is 17.6 Å². The Hall–Kier alpha value is -2.08. The number of benzene rings is 1. The summed E-state index contributed by atoms with van der Waals surface area (Å²) in [5.41, 5.74) is 1.34. The van der Waals surface area contributed by atoms with Gasteiger partial charge in [0.1, 0.15) is 0 Å². The molecule has 0 saturated carbocycles. The van der Waals surface area contributed by atoms with Crippen LogP contribution in [-0.2, 0) is 4.74 Å². The van der Waals surface area contributed by atoms with E-state index in [4.69, 9.17) is 4.74 Å². The van der Waals surface area contributed by atoms with E-state index in [1.807, 2.05) is 4.90 Å². The van der Waals surface area contributed by atoms with E-state index in [1.54, 1.807) is 24.3 Å². The van der Waals surface area contributed by atoms with Crippen molar-refractivity contribution in [2.24, 2.45) is 0 Å². The summed E-state index contributed by atoms with van der Waals surface area (Å²) in [5, 5.41) is 5.61. The summed E-state index contributed by atoms with van der Waals surface area (Å²) in [6.45, 7) is 4.23. The van der Waals surface area contributed by atoms with E-state index < -0.39 is 0 Å². The predicted molar refractivity (Wildman–Crippen MR) is 96.8 cm³/mol. The first-order chi connectivity index (χ1) is 12.1. The van der Waals surface area contributed by atoms with Crippen molar-refractivity contribution in [3.63, 3.8) is 0 Å². The smallest absolute Gasteiger partial charge is 0.319 e. The van der Waals surface area contributed by atoms with Crippen molar-refractivity contribution in [1.29, 1.82) is 0 Å². The van der Waals surface area contributed by atoms with E-state index in [0.29, 0.717) is 23.8 Å². The highest BCUT2D eigenvalue weighted by molar-refractivity contribution is 5.95. The summed E-state index contributed by atoms with van der Waals surface area (Å²) in [6.07, 6.45) is 5.49. The number of anilines is 1. The average Bonchev–Trinajstić information content (AvgIpc) is 3.14. The number of nitrogens with one attached hydrogen (secondary N) is 2. The molecule has 1 aromatic rings. The summed E-state index contributed by atoms with van der Waals surface area (Å²) >= 11 is 0. The van der Waals surface area contributed by atoms with Gasteiger partial charge in [0.05, 0.1) is 6.10 Å². The molecule has 6 nitrogen and oxygen atoms in total. The van der Waals surface area contributed by atoms with Gasteiger partial charge < -0.3 is 20.3 Å². The van der Waals surface area contributed by atoms with Crippen LogP contribution in [0.1, 0.15) is 49.4 Å². The Morgan fingerprint density at radius 2 is 1.96 bits per heavy atom. The van der Waals surface area contributed by atoms with Crippen LogP contribution < -0.4 is 10.6 Å². The Bertz CT molecular complexity index is 596. The number of hydrogen-bond donors (Lipinski definition) is 2. The van der Waals surface area contributed by atoms with E-state index in [1.165, 1.54) is 6.42 Å². The Morgan fingerprint density at radius 1 is 1.16 bits per heavy atom. The average molecular weight is 345 g/mol. The molecule has 2 N–H and O–H groups in total. The van der Waals surface area contributed by atoms with E-state index >= 15 is 0 Å². The first-order valence-corrected chi connectivity index (χ1v) is 9.21. The lowest BCUT2D eigenvalue weighted by Crippen LogP contribution is -2.42. The van der Waals surface area contributed by atoms with Gasteiger partial charge >= 0.3 is 6.03 Å². The maximum Gasteiger partial charge on any atom is 0.319 e. The zero-order valence-corrected chi connectivity index (χ0v) is 14.8. The zero-order chi connectivity index (χ0) is 17.6. The molecule has 0 unspecified atom stereocenters. The highest BCUT2D eigenvalue weighted by Gasteiger charge is 2.24. The number of rotatable bonds is 4. The number of hydrogen-bond acceptors (Lipinski definition) is 3. The quantitative estimate of drug-likeness (QED) is 0.881. The molecule has 3 amide bonds. The maximum absolute atomic E-state index is 12.6. The molecule has 3 rings (SSSR count). The molecular formula is C19H27N3O3. The van der Waals surface area contributed by atoms with E-state index in [0.717, 1.165) is 38.8 Å². The minimum absolute atomic E-state index is 0.0709. The number of likely N-dealkylation sites (tertiary alicyclic amines) is 1. The van der Waals surface area contributed by atoms with Crippen molar-refractivity contribution in [3.8, 4) is 0 Å². The van der Waals surface area contributed by atoms with Gasteiger partial charge in [0.25, 0.3) is 5.91 Å². The minimum atomic E-state index is -0.251. The number of ether oxygens (including phenoxy) is 1. The fourth-order valence-corrected chi connectivity index (χ4v) is 3.45. The minimum Gasteiger partial charge on any atom is -0.376 e. The summed E-state index contributed by atoms with van der Waals surface area (Å²) < 4.78 is 5.48. The summed E-state index contributed by atoms with van der Waals surface area (Å²) in [6, 6.07) is 7.14. The molecule has 0 spiro atoms. The fourth-order valence-electron chi connectivity index (χ4n) is 3.45. The molecule has 2 aliphatic heterocycles. The standard InChI is InChI=1S/C19H27N3O3/c1-14-5-2-3-11-22(14)18(23)15-7-9-16(10-8-15)21-19(24)20-13-17-6-4-12-25-17/h7-10,14,17H,2-6,11-13H2,1H3,(H2,20,21,24)/t14-,17+/m1/s1. The number of piperidine rings is 1. The van der Waals surface area contributed by atoms with Crippen LogP contribution in [0.15, 0.2) is 24.3 Å². The molecule has 2 saturated heterocycles. The number of urea groups is 1. The van der Waals surface area contributed by atoms with Gasteiger partial charge in [-0.2, -0.15) is 0 Å². The lowest BCUT2D eigenvalue weighted by Gasteiger charge is -2.33. The molecule has 2 fully saturated rings. The largest absolute Gasteiger partial charge is 0.376 e. The van der Waals surface area contributed by atoms with Gasteiger partial charge in [-0.05, 0) is 63.3 Å². The van der Waals surface area contributed by atoms with Gasteiger partial charge in [-0.15, -0.1) is 0 Å². The van der Waals surface area contributed by atoms with Gasteiger partial charge in [-0.25, -0.2) is 4.79 Å². The Morgan fingerprint density at radius 3 is 2.64 bits per heavy atom. The Kier molecular flexibility index (Phi) is 5.91. The van der Waals surface area contributed by atoms with Gasteiger partial charge in [0, 0.05) is 37.0 Å². The molecule has 6 heteroatoms. The van der Waals surface area contributed by atoms with Gasteiger partial charge in [0.2, 0.25) is 0 Å². The summed E-state index contributed by atoms with van der Waals surface area (Å²) in [7, 11) is 0. The van der Waals surface area contributed by atoms with Crippen LogP contribution >= 0.6 is 0 Å². The lowest BCUT2D eigenvalue weighted by atomic mass is 10.0. The fraction of sp³-hybridized carbons (Fsp3) is 0.579. The zero-order valence-electron chi connectivity index (χ0n) is 14.8. The van der Waals surface area contributed by atoms with Crippen molar-refractivity contribution in [1.82, 2.24) is 10.2 Å². The number of carbonyl (C=O) groups excluding carboxylic acids is 2. The molecule has 2 aliphatic rings. The van der Waals surface area contributed by atoms with Crippen LogP contribution in [0.4, 0.5) is 10.5 Å². The molecule has 25 heavy (non-hydrogen) atoms. The monoisotopic (exact) mass is 345 g/mol. The summed E-state index contributed by atoms with van der Waals surface area (Å²) in [5.74, 6) is 0.0709. The van der Waals surface area contributed by atoms with Crippen molar-refractivity contribution in [2.45, 2.75) is 51.2 Å². The van der Waals surface area contributed by atoms with E-state index in [9.17, 15) is 9.59 Å². The van der Waals surface area contributed by atoms with Crippen molar-refractivity contribution in [2.75, 3.05) is 25.0 Å². The van der Waals surface area contributed by atoms with Crippen molar-refractivity contribution < 1.29 is 14.3 Å². The van der Waals surface area contributed by atoms with Crippen LogP contribution in [0.25, 0.3) is 0 Å². The third kappa shape index (κ3) is 4.72. The van der Waals surface area contributed by atoms with E-state index in [-0.39, 0.29) is 18.0 Å². The molecule has 0 aromatic heterocycles. The van der Waals surface area contributed by atoms with Crippen LogP contribution in [0.2, 0.25) is 0 Å². The Balaban J connectivity index is 1.51. The Labute approximate surface area is 148 Å².